The zero-order valence-electron chi connectivity index (χ0n) is 10.6. The first kappa shape index (κ1) is 14.9. The molecule has 1 atom stereocenters. The lowest BCUT2D eigenvalue weighted by Crippen LogP contribution is -2.40. The van der Waals surface area contributed by atoms with Crippen LogP contribution in [-0.2, 0) is 16.1 Å². The van der Waals surface area contributed by atoms with Crippen molar-refractivity contribution in [2.45, 2.75) is 25.4 Å². The van der Waals surface area contributed by atoms with E-state index in [0.717, 1.165) is 5.56 Å². The Morgan fingerprint density at radius 1 is 1.58 bits per heavy atom. The van der Waals surface area contributed by atoms with E-state index in [2.05, 4.69) is 10.3 Å². The maximum Gasteiger partial charge on any atom is 0.303 e. The molecular formula is C12H17N3O4. The van der Waals surface area contributed by atoms with Crippen molar-refractivity contribution in [3.63, 3.8) is 0 Å². The van der Waals surface area contributed by atoms with Crippen molar-refractivity contribution < 1.29 is 19.4 Å². The number of pyridine rings is 1. The first-order chi connectivity index (χ1) is 9.02. The van der Waals surface area contributed by atoms with Gasteiger partial charge in [0.1, 0.15) is 0 Å². The first-order valence-corrected chi connectivity index (χ1v) is 5.77. The van der Waals surface area contributed by atoms with Gasteiger partial charge in [0, 0.05) is 25.2 Å². The van der Waals surface area contributed by atoms with Crippen LogP contribution in [0.5, 0.6) is 5.88 Å². The van der Waals surface area contributed by atoms with E-state index in [-0.39, 0.29) is 18.7 Å². The van der Waals surface area contributed by atoms with E-state index in [1.54, 1.807) is 18.3 Å². The molecule has 0 fully saturated rings. The van der Waals surface area contributed by atoms with E-state index in [0.29, 0.717) is 12.4 Å². The predicted octanol–water partition coefficient (Wildman–Crippen LogP) is -0.101. The van der Waals surface area contributed by atoms with Gasteiger partial charge in [-0.3, -0.25) is 9.59 Å². The van der Waals surface area contributed by atoms with Crippen molar-refractivity contribution in [2.75, 3.05) is 7.11 Å². The van der Waals surface area contributed by atoms with Gasteiger partial charge in [-0.15, -0.1) is 0 Å². The van der Waals surface area contributed by atoms with Crippen LogP contribution in [0.1, 0.15) is 18.4 Å². The SMILES string of the molecule is COc1cc(CNC(=O)C(N)CCC(=O)O)ccn1. The van der Waals surface area contributed by atoms with Crippen molar-refractivity contribution in [3.05, 3.63) is 23.9 Å². The maximum atomic E-state index is 11.6. The molecule has 0 radical (unpaired) electrons. The van der Waals surface area contributed by atoms with Crippen molar-refractivity contribution >= 4 is 11.9 Å². The minimum Gasteiger partial charge on any atom is -0.481 e. The summed E-state index contributed by atoms with van der Waals surface area (Å²) < 4.78 is 4.96. The molecule has 0 saturated carbocycles. The molecule has 1 amide bonds. The molecule has 0 spiro atoms. The summed E-state index contributed by atoms with van der Waals surface area (Å²) in [7, 11) is 1.51. The lowest BCUT2D eigenvalue weighted by molar-refractivity contribution is -0.137. The zero-order valence-corrected chi connectivity index (χ0v) is 10.6. The molecule has 1 aromatic rings. The Labute approximate surface area is 110 Å². The number of carboxylic acid groups (broad SMARTS) is 1. The van der Waals surface area contributed by atoms with Crippen LogP contribution in [0.15, 0.2) is 18.3 Å². The van der Waals surface area contributed by atoms with Crippen molar-refractivity contribution in [2.24, 2.45) is 5.73 Å². The average Bonchev–Trinajstić information content (AvgIpc) is 2.42. The van der Waals surface area contributed by atoms with Crippen molar-refractivity contribution in [1.29, 1.82) is 0 Å². The number of methoxy groups -OCH3 is 1. The quantitative estimate of drug-likeness (QED) is 0.635. The summed E-state index contributed by atoms with van der Waals surface area (Å²) in [5.41, 5.74) is 6.40. The topological polar surface area (TPSA) is 115 Å². The van der Waals surface area contributed by atoms with Crippen LogP contribution in [0, 0.1) is 0 Å². The van der Waals surface area contributed by atoms with E-state index in [1.807, 2.05) is 0 Å². The number of hydrogen-bond donors (Lipinski definition) is 3. The van der Waals surface area contributed by atoms with E-state index >= 15 is 0 Å². The summed E-state index contributed by atoms with van der Waals surface area (Å²) in [5, 5.41) is 11.1. The summed E-state index contributed by atoms with van der Waals surface area (Å²) >= 11 is 0. The van der Waals surface area contributed by atoms with Crippen LogP contribution in [0.25, 0.3) is 0 Å². The molecule has 0 aromatic carbocycles. The van der Waals surface area contributed by atoms with Crippen LogP contribution in [-0.4, -0.2) is 35.1 Å². The van der Waals surface area contributed by atoms with Gasteiger partial charge in [-0.2, -0.15) is 0 Å². The number of ether oxygens (including phenoxy) is 1. The third-order valence-corrected chi connectivity index (χ3v) is 2.48. The number of aliphatic carboxylic acids is 1. The minimum absolute atomic E-state index is 0.112. The smallest absolute Gasteiger partial charge is 0.303 e. The van der Waals surface area contributed by atoms with E-state index in [1.165, 1.54) is 7.11 Å². The van der Waals surface area contributed by atoms with Crippen molar-refractivity contribution in [3.8, 4) is 5.88 Å². The highest BCUT2D eigenvalue weighted by Crippen LogP contribution is 2.08. The number of carboxylic acids is 1. The van der Waals surface area contributed by atoms with Crippen molar-refractivity contribution in [1.82, 2.24) is 10.3 Å². The molecule has 7 heteroatoms. The van der Waals surface area contributed by atoms with Gasteiger partial charge in [0.2, 0.25) is 11.8 Å². The molecule has 0 saturated heterocycles. The Kier molecular flexibility index (Phi) is 5.74. The van der Waals surface area contributed by atoms with Crippen LogP contribution < -0.4 is 15.8 Å². The van der Waals surface area contributed by atoms with Gasteiger partial charge in [-0.1, -0.05) is 0 Å². The van der Waals surface area contributed by atoms with Gasteiger partial charge in [0.15, 0.2) is 0 Å². The molecule has 1 heterocycles. The van der Waals surface area contributed by atoms with E-state index in [9.17, 15) is 9.59 Å². The van der Waals surface area contributed by atoms with E-state index < -0.39 is 12.0 Å². The highest BCUT2D eigenvalue weighted by atomic mass is 16.5. The number of aromatic nitrogens is 1. The van der Waals surface area contributed by atoms with Gasteiger partial charge in [-0.05, 0) is 18.1 Å². The predicted molar refractivity (Wildman–Crippen MR) is 67.5 cm³/mol. The molecule has 104 valence electrons. The molecule has 1 unspecified atom stereocenters. The van der Waals surface area contributed by atoms with Gasteiger partial charge >= 0.3 is 5.97 Å². The number of nitrogens with one attached hydrogen (secondary N) is 1. The number of rotatable bonds is 7. The van der Waals surface area contributed by atoms with Crippen LogP contribution >= 0.6 is 0 Å². The summed E-state index contributed by atoms with van der Waals surface area (Å²) in [6, 6.07) is 2.62. The number of amides is 1. The highest BCUT2D eigenvalue weighted by molar-refractivity contribution is 5.82. The molecular weight excluding hydrogens is 250 g/mol. The normalized spacial score (nSPS) is 11.7. The third-order valence-electron chi connectivity index (χ3n) is 2.48. The largest absolute Gasteiger partial charge is 0.481 e. The Bertz CT molecular complexity index is 450. The zero-order chi connectivity index (χ0) is 14.3. The van der Waals surface area contributed by atoms with Gasteiger partial charge in [-0.25, -0.2) is 4.98 Å². The second-order valence-corrected chi connectivity index (χ2v) is 3.96. The lowest BCUT2D eigenvalue weighted by atomic mass is 10.1. The fraction of sp³-hybridized carbons (Fsp3) is 0.417. The van der Waals surface area contributed by atoms with Gasteiger partial charge in [0.25, 0.3) is 0 Å². The molecule has 0 aliphatic heterocycles. The number of carbonyl (C=O) groups excluding carboxylic acids is 1. The summed E-state index contributed by atoms with van der Waals surface area (Å²) in [6.45, 7) is 0.290. The Morgan fingerprint density at radius 3 is 2.95 bits per heavy atom. The lowest BCUT2D eigenvalue weighted by Gasteiger charge is -2.11. The second kappa shape index (κ2) is 7.32. The molecule has 0 aliphatic carbocycles. The number of hydrogen-bond acceptors (Lipinski definition) is 5. The summed E-state index contributed by atoms with van der Waals surface area (Å²) in [4.78, 5) is 25.9. The molecule has 0 bridgehead atoms. The fourth-order valence-electron chi connectivity index (χ4n) is 1.40. The third kappa shape index (κ3) is 5.35. The monoisotopic (exact) mass is 267 g/mol. The molecule has 1 aromatic heterocycles. The Morgan fingerprint density at radius 2 is 2.32 bits per heavy atom. The summed E-state index contributed by atoms with van der Waals surface area (Å²) in [6.07, 6.45) is 1.56. The summed E-state index contributed by atoms with van der Waals surface area (Å²) in [5.74, 6) is -0.888. The molecule has 7 nitrogen and oxygen atoms in total. The van der Waals surface area contributed by atoms with E-state index in [4.69, 9.17) is 15.6 Å². The standard InChI is InChI=1S/C12H17N3O4/c1-19-10-6-8(4-5-14-10)7-15-12(18)9(13)2-3-11(16)17/h4-6,9H,2-3,7,13H2,1H3,(H,15,18)(H,16,17). The molecule has 4 N–H and O–H groups in total. The number of carbonyl (C=O) groups is 2. The first-order valence-electron chi connectivity index (χ1n) is 5.77. The minimum atomic E-state index is -0.970. The Hall–Kier alpha value is -2.15. The van der Waals surface area contributed by atoms with Crippen LogP contribution in [0.3, 0.4) is 0 Å². The Balaban J connectivity index is 2.42. The highest BCUT2D eigenvalue weighted by Gasteiger charge is 2.14. The van der Waals surface area contributed by atoms with Gasteiger partial charge in [0.05, 0.1) is 13.2 Å². The van der Waals surface area contributed by atoms with Crippen LogP contribution in [0.4, 0.5) is 0 Å². The molecule has 19 heavy (non-hydrogen) atoms. The second-order valence-electron chi connectivity index (χ2n) is 3.96. The molecule has 0 aliphatic rings. The number of nitrogens with zero attached hydrogens (tertiary/aromatic N) is 1. The maximum absolute atomic E-state index is 11.6. The number of nitrogens with two attached hydrogens (primary N) is 1. The van der Waals surface area contributed by atoms with Crippen LogP contribution in [0.2, 0.25) is 0 Å². The van der Waals surface area contributed by atoms with Gasteiger partial charge < -0.3 is 20.9 Å². The fourth-order valence-corrected chi connectivity index (χ4v) is 1.40. The average molecular weight is 267 g/mol. The molecule has 1 rings (SSSR count).